The van der Waals surface area contributed by atoms with Crippen LogP contribution in [-0.4, -0.2) is 19.1 Å². The van der Waals surface area contributed by atoms with Crippen molar-refractivity contribution in [1.29, 1.82) is 0 Å². The molecule has 0 radical (unpaired) electrons. The van der Waals surface area contributed by atoms with E-state index in [0.717, 1.165) is 67.4 Å². The van der Waals surface area contributed by atoms with Gasteiger partial charge in [-0.15, -0.1) is 0 Å². The third kappa shape index (κ3) is 4.57. The van der Waals surface area contributed by atoms with Gasteiger partial charge in [-0.05, 0) is 47.5 Å². The summed E-state index contributed by atoms with van der Waals surface area (Å²) < 4.78 is 4.83. The van der Waals surface area contributed by atoms with Crippen LogP contribution in [0.5, 0.6) is 0 Å². The number of fused-ring (bicyclic) bond motifs is 12. The van der Waals surface area contributed by atoms with E-state index in [4.69, 9.17) is 9.97 Å². The molecule has 4 heteroatoms. The van der Waals surface area contributed by atoms with Gasteiger partial charge in [0.05, 0.1) is 57.6 Å². The van der Waals surface area contributed by atoms with Gasteiger partial charge in [-0.2, -0.15) is 0 Å². The van der Waals surface area contributed by atoms with E-state index in [1.807, 2.05) is 24.5 Å². The average molecular weight is 689 g/mol. The molecule has 1 aliphatic rings. The topological polar surface area (TPSA) is 35.6 Å². The third-order valence-corrected chi connectivity index (χ3v) is 10.8. The Morgan fingerprint density at radius 2 is 0.685 bits per heavy atom. The van der Waals surface area contributed by atoms with Crippen LogP contribution in [0.15, 0.2) is 194 Å². The number of nitrogens with zero attached hydrogens (tertiary/aromatic N) is 4. The van der Waals surface area contributed by atoms with Gasteiger partial charge < -0.3 is 9.13 Å². The van der Waals surface area contributed by atoms with Gasteiger partial charge in [-0.3, -0.25) is 9.97 Å². The highest BCUT2D eigenvalue weighted by atomic mass is 15.0. The molecule has 0 spiro atoms. The van der Waals surface area contributed by atoms with Gasteiger partial charge in [0.25, 0.3) is 0 Å². The summed E-state index contributed by atoms with van der Waals surface area (Å²) in [5.74, 6) is 0. The molecule has 0 atom stereocenters. The Kier molecular flexibility index (Phi) is 6.82. The van der Waals surface area contributed by atoms with Crippen molar-refractivity contribution < 1.29 is 0 Å². The van der Waals surface area contributed by atoms with Crippen molar-refractivity contribution in [2.45, 2.75) is 0 Å². The molecule has 4 nitrogen and oxygen atoms in total. The second-order valence-corrected chi connectivity index (χ2v) is 13.8. The van der Waals surface area contributed by atoms with Crippen LogP contribution in [-0.2, 0) is 0 Å². The Hall–Kier alpha value is -7.30. The van der Waals surface area contributed by atoms with Crippen LogP contribution in [0.4, 0.5) is 0 Å². The first-order valence-corrected chi connectivity index (χ1v) is 18.3. The predicted octanol–water partition coefficient (Wildman–Crippen LogP) is 12.7. The monoisotopic (exact) mass is 688 g/mol. The SMILES string of the molecule is c1ccc(-c2ccc(-n3c4c(c5ccccc53)-c3ccccc3-c3c(n(-c5ccc(-c6ccccc6)nc5)c5ccccc35)-c3ccccc3-4)cn2)cc1. The Morgan fingerprint density at radius 3 is 1.09 bits per heavy atom. The van der Waals surface area contributed by atoms with Gasteiger partial charge in [0.15, 0.2) is 0 Å². The zero-order valence-corrected chi connectivity index (χ0v) is 29.3. The van der Waals surface area contributed by atoms with Crippen molar-refractivity contribution in [3.05, 3.63) is 194 Å². The Labute approximate surface area is 312 Å². The molecule has 0 aliphatic heterocycles. The molecular weight excluding hydrogens is 657 g/mol. The van der Waals surface area contributed by atoms with Gasteiger partial charge in [0, 0.05) is 44.2 Å². The lowest BCUT2D eigenvalue weighted by atomic mass is 9.84. The molecule has 0 N–H and O–H groups in total. The summed E-state index contributed by atoms with van der Waals surface area (Å²) in [6.07, 6.45) is 4.04. The second kappa shape index (κ2) is 12.1. The zero-order valence-electron chi connectivity index (χ0n) is 29.3. The van der Waals surface area contributed by atoms with E-state index < -0.39 is 0 Å². The van der Waals surface area contributed by atoms with E-state index in [-0.39, 0.29) is 0 Å². The minimum Gasteiger partial charge on any atom is -0.307 e. The average Bonchev–Trinajstić information content (AvgIpc) is 3.77. The Bertz CT molecular complexity index is 2800. The maximum absolute atomic E-state index is 5.02. The summed E-state index contributed by atoms with van der Waals surface area (Å²) in [5.41, 5.74) is 17.9. The molecule has 6 aromatic carbocycles. The van der Waals surface area contributed by atoms with Gasteiger partial charge in [-0.25, -0.2) is 0 Å². The smallest absolute Gasteiger partial charge is 0.0703 e. The van der Waals surface area contributed by atoms with Gasteiger partial charge in [-0.1, -0.05) is 146 Å². The summed E-state index contributed by atoms with van der Waals surface area (Å²) in [5, 5.41) is 2.41. The summed E-state index contributed by atoms with van der Waals surface area (Å²) in [6, 6.07) is 64.8. The van der Waals surface area contributed by atoms with E-state index in [2.05, 4.69) is 179 Å². The first-order chi connectivity index (χ1) is 26.8. The van der Waals surface area contributed by atoms with Crippen LogP contribution in [0.25, 0.3) is 100 Å². The van der Waals surface area contributed by atoms with Crippen LogP contribution in [0, 0.1) is 0 Å². The molecule has 0 bridgehead atoms. The molecule has 0 unspecified atom stereocenters. The lowest BCUT2D eigenvalue weighted by Gasteiger charge is -2.23. The molecule has 0 fully saturated rings. The second-order valence-electron chi connectivity index (χ2n) is 13.8. The van der Waals surface area contributed by atoms with Crippen molar-refractivity contribution in [2.75, 3.05) is 0 Å². The van der Waals surface area contributed by atoms with Gasteiger partial charge >= 0.3 is 0 Å². The van der Waals surface area contributed by atoms with Crippen molar-refractivity contribution in [3.63, 3.8) is 0 Å². The predicted molar refractivity (Wildman–Crippen MR) is 222 cm³/mol. The molecule has 0 amide bonds. The fourth-order valence-electron chi connectivity index (χ4n) is 8.48. The van der Waals surface area contributed by atoms with Crippen LogP contribution < -0.4 is 0 Å². The van der Waals surface area contributed by atoms with Crippen LogP contribution >= 0.6 is 0 Å². The number of aromatic nitrogens is 4. The molecular formula is C50H32N4. The maximum atomic E-state index is 5.02. The molecule has 1 aliphatic carbocycles. The largest absolute Gasteiger partial charge is 0.307 e. The number of rotatable bonds is 4. The maximum Gasteiger partial charge on any atom is 0.0703 e. The number of hydrogen-bond acceptors (Lipinski definition) is 2. The first kappa shape index (κ1) is 30.3. The van der Waals surface area contributed by atoms with Crippen molar-refractivity contribution in [2.24, 2.45) is 0 Å². The van der Waals surface area contributed by atoms with Gasteiger partial charge in [0.1, 0.15) is 0 Å². The van der Waals surface area contributed by atoms with Crippen LogP contribution in [0.3, 0.4) is 0 Å². The minimum atomic E-state index is 0.950. The minimum absolute atomic E-state index is 0.950. The van der Waals surface area contributed by atoms with E-state index >= 15 is 0 Å². The number of pyridine rings is 2. The fraction of sp³-hybridized carbons (Fsp3) is 0. The summed E-state index contributed by atoms with van der Waals surface area (Å²) >= 11 is 0. The van der Waals surface area contributed by atoms with Crippen molar-refractivity contribution >= 4 is 21.8 Å². The van der Waals surface area contributed by atoms with Crippen molar-refractivity contribution in [3.8, 4) is 78.7 Å². The van der Waals surface area contributed by atoms with Crippen molar-refractivity contribution in [1.82, 2.24) is 19.1 Å². The molecule has 4 aromatic heterocycles. The lowest BCUT2D eigenvalue weighted by Crippen LogP contribution is -2.04. The quantitative estimate of drug-likeness (QED) is 0.184. The fourth-order valence-corrected chi connectivity index (χ4v) is 8.48. The molecule has 0 saturated carbocycles. The van der Waals surface area contributed by atoms with Gasteiger partial charge in [0.2, 0.25) is 0 Å². The number of hydrogen-bond donors (Lipinski definition) is 0. The molecule has 4 heterocycles. The third-order valence-electron chi connectivity index (χ3n) is 10.8. The van der Waals surface area contributed by atoms with E-state index in [1.54, 1.807) is 0 Å². The van der Waals surface area contributed by atoms with Crippen LogP contribution in [0.2, 0.25) is 0 Å². The molecule has 10 aromatic rings. The highest BCUT2D eigenvalue weighted by Crippen LogP contribution is 2.54. The molecule has 0 saturated heterocycles. The van der Waals surface area contributed by atoms with Crippen LogP contribution in [0.1, 0.15) is 0 Å². The normalized spacial score (nSPS) is 11.7. The summed E-state index contributed by atoms with van der Waals surface area (Å²) in [6.45, 7) is 0. The number of benzene rings is 6. The summed E-state index contributed by atoms with van der Waals surface area (Å²) in [4.78, 5) is 10.0. The van der Waals surface area contributed by atoms with E-state index in [9.17, 15) is 0 Å². The Morgan fingerprint density at radius 1 is 0.315 bits per heavy atom. The molecule has 252 valence electrons. The molecule has 11 rings (SSSR count). The number of para-hydroxylation sites is 2. The zero-order chi connectivity index (χ0) is 35.6. The first-order valence-electron chi connectivity index (χ1n) is 18.3. The molecule has 54 heavy (non-hydrogen) atoms. The lowest BCUT2D eigenvalue weighted by molar-refractivity contribution is 1.09. The highest BCUT2D eigenvalue weighted by Gasteiger charge is 2.32. The summed E-state index contributed by atoms with van der Waals surface area (Å²) in [7, 11) is 0. The van der Waals surface area contributed by atoms with E-state index in [1.165, 1.54) is 33.0 Å². The van der Waals surface area contributed by atoms with E-state index in [0.29, 0.717) is 0 Å². The Balaban J connectivity index is 1.23. The highest BCUT2D eigenvalue weighted by molar-refractivity contribution is 6.17. The standard InChI is InChI=1S/C50H32N4/c1-3-15-33(16-4-1)43-29-27-35(31-51-43)53-45-25-13-11-23-41(45)47-37-19-7-8-20-38(37)48-42-24-12-14-26-46(42)54(50(48)40-22-10-9-21-39(40)49(47)53)36-28-30-44(52-32-36)34-17-5-2-6-18-34/h1-32H.